The van der Waals surface area contributed by atoms with Crippen molar-refractivity contribution in [3.05, 3.63) is 29.3 Å². The van der Waals surface area contributed by atoms with Gasteiger partial charge >= 0.3 is 6.18 Å². The standard InChI is InChI=1S/C12H14F3N3O2/c1-11(2,10(17)20)18-9(19)6-3-4-8(16)7(5-6)12(13,14)15/h3-5H,16H2,1-2H3,(H2,17,20)(H,18,19). The van der Waals surface area contributed by atoms with Crippen molar-refractivity contribution in [1.82, 2.24) is 5.32 Å². The number of halogens is 3. The highest BCUT2D eigenvalue weighted by Gasteiger charge is 2.34. The van der Waals surface area contributed by atoms with Gasteiger partial charge in [-0.25, -0.2) is 0 Å². The zero-order chi connectivity index (χ0) is 15.7. The second kappa shape index (κ2) is 5.03. The molecule has 2 amide bonds. The lowest BCUT2D eigenvalue weighted by atomic mass is 10.0. The van der Waals surface area contributed by atoms with Gasteiger partial charge in [-0.1, -0.05) is 0 Å². The molecule has 0 atom stereocenters. The first kappa shape index (κ1) is 15.8. The number of nitrogens with one attached hydrogen (secondary N) is 1. The summed E-state index contributed by atoms with van der Waals surface area (Å²) in [4.78, 5) is 22.9. The average Bonchev–Trinajstić information content (AvgIpc) is 2.26. The molecule has 0 radical (unpaired) electrons. The van der Waals surface area contributed by atoms with Crippen LogP contribution < -0.4 is 16.8 Å². The van der Waals surface area contributed by atoms with Gasteiger partial charge in [0, 0.05) is 11.3 Å². The number of nitrogen functional groups attached to an aromatic ring is 1. The lowest BCUT2D eigenvalue weighted by Crippen LogP contribution is -2.53. The highest BCUT2D eigenvalue weighted by Crippen LogP contribution is 2.34. The van der Waals surface area contributed by atoms with Gasteiger partial charge < -0.3 is 16.8 Å². The molecule has 5 nitrogen and oxygen atoms in total. The fourth-order valence-corrected chi connectivity index (χ4v) is 1.36. The van der Waals surface area contributed by atoms with Crippen LogP contribution in [0.2, 0.25) is 0 Å². The lowest BCUT2D eigenvalue weighted by molar-refractivity contribution is -0.137. The van der Waals surface area contributed by atoms with Crippen LogP contribution in [0.4, 0.5) is 18.9 Å². The van der Waals surface area contributed by atoms with Gasteiger partial charge in [-0.2, -0.15) is 13.2 Å². The summed E-state index contributed by atoms with van der Waals surface area (Å²) in [5, 5.41) is 2.25. The van der Waals surface area contributed by atoms with E-state index in [4.69, 9.17) is 11.5 Å². The van der Waals surface area contributed by atoms with Crippen LogP contribution in [0.1, 0.15) is 29.8 Å². The number of hydrogen-bond acceptors (Lipinski definition) is 3. The lowest BCUT2D eigenvalue weighted by Gasteiger charge is -2.22. The number of benzene rings is 1. The first-order valence-corrected chi connectivity index (χ1v) is 5.54. The molecule has 8 heteroatoms. The summed E-state index contributed by atoms with van der Waals surface area (Å²) in [6.45, 7) is 2.68. The topological polar surface area (TPSA) is 98.2 Å². The van der Waals surface area contributed by atoms with Crippen LogP contribution in [-0.4, -0.2) is 17.4 Å². The molecular formula is C12H14F3N3O2. The Bertz CT molecular complexity index is 553. The van der Waals surface area contributed by atoms with E-state index < -0.39 is 34.8 Å². The number of rotatable bonds is 3. The third-order valence-corrected chi connectivity index (χ3v) is 2.66. The SMILES string of the molecule is CC(C)(NC(=O)c1ccc(N)c(C(F)(F)F)c1)C(N)=O. The first-order valence-electron chi connectivity index (χ1n) is 5.54. The molecule has 5 N–H and O–H groups in total. The molecule has 0 spiro atoms. The zero-order valence-corrected chi connectivity index (χ0v) is 10.8. The van der Waals surface area contributed by atoms with E-state index in [1.165, 1.54) is 13.8 Å². The minimum absolute atomic E-state index is 0.263. The third-order valence-electron chi connectivity index (χ3n) is 2.66. The van der Waals surface area contributed by atoms with Gasteiger partial charge in [0.25, 0.3) is 5.91 Å². The Labute approximate surface area is 113 Å². The van der Waals surface area contributed by atoms with Crippen molar-refractivity contribution in [3.63, 3.8) is 0 Å². The van der Waals surface area contributed by atoms with E-state index in [9.17, 15) is 22.8 Å². The van der Waals surface area contributed by atoms with E-state index in [0.29, 0.717) is 6.07 Å². The molecule has 1 aromatic rings. The Kier molecular flexibility index (Phi) is 3.97. The number of hydrogen-bond donors (Lipinski definition) is 3. The van der Waals surface area contributed by atoms with Crippen LogP contribution in [0.3, 0.4) is 0 Å². The van der Waals surface area contributed by atoms with Gasteiger partial charge in [-0.15, -0.1) is 0 Å². The van der Waals surface area contributed by atoms with Crippen molar-refractivity contribution in [1.29, 1.82) is 0 Å². The van der Waals surface area contributed by atoms with Crippen molar-refractivity contribution < 1.29 is 22.8 Å². The quantitative estimate of drug-likeness (QED) is 0.731. The van der Waals surface area contributed by atoms with Crippen molar-refractivity contribution >= 4 is 17.5 Å². The summed E-state index contributed by atoms with van der Waals surface area (Å²) in [5.41, 5.74) is 7.06. The van der Waals surface area contributed by atoms with Crippen LogP contribution >= 0.6 is 0 Å². The average molecular weight is 289 g/mol. The molecule has 0 aliphatic carbocycles. The molecular weight excluding hydrogens is 275 g/mol. The Hall–Kier alpha value is -2.25. The van der Waals surface area contributed by atoms with Crippen LogP contribution in [0.15, 0.2) is 18.2 Å². The van der Waals surface area contributed by atoms with Crippen molar-refractivity contribution in [2.45, 2.75) is 25.6 Å². The molecule has 0 heterocycles. The molecule has 0 aromatic heterocycles. The zero-order valence-electron chi connectivity index (χ0n) is 10.8. The highest BCUT2D eigenvalue weighted by atomic mass is 19.4. The van der Waals surface area contributed by atoms with E-state index in [-0.39, 0.29) is 5.56 Å². The normalized spacial score (nSPS) is 12.1. The van der Waals surface area contributed by atoms with E-state index in [2.05, 4.69) is 5.32 Å². The largest absolute Gasteiger partial charge is 0.418 e. The summed E-state index contributed by atoms with van der Waals surface area (Å²) in [5.74, 6) is -1.66. The van der Waals surface area contributed by atoms with E-state index in [0.717, 1.165) is 12.1 Å². The smallest absolute Gasteiger partial charge is 0.398 e. The summed E-state index contributed by atoms with van der Waals surface area (Å²) >= 11 is 0. The summed E-state index contributed by atoms with van der Waals surface area (Å²) in [6, 6.07) is 2.74. The van der Waals surface area contributed by atoms with Gasteiger partial charge in [-0.3, -0.25) is 9.59 Å². The number of primary amides is 1. The van der Waals surface area contributed by atoms with Gasteiger partial charge in [0.05, 0.1) is 5.56 Å². The van der Waals surface area contributed by atoms with Crippen LogP contribution in [-0.2, 0) is 11.0 Å². The van der Waals surface area contributed by atoms with Gasteiger partial charge in [0.15, 0.2) is 0 Å². The molecule has 0 saturated carbocycles. The maximum atomic E-state index is 12.7. The van der Waals surface area contributed by atoms with Gasteiger partial charge in [0.1, 0.15) is 5.54 Å². The fourth-order valence-electron chi connectivity index (χ4n) is 1.36. The Morgan fingerprint density at radius 1 is 1.20 bits per heavy atom. The highest BCUT2D eigenvalue weighted by molar-refractivity contribution is 5.99. The molecule has 0 bridgehead atoms. The number of anilines is 1. The molecule has 0 aliphatic heterocycles. The number of carbonyl (C=O) groups excluding carboxylic acids is 2. The van der Waals surface area contributed by atoms with E-state index in [1.807, 2.05) is 0 Å². The maximum Gasteiger partial charge on any atom is 0.418 e. The monoisotopic (exact) mass is 289 g/mol. The Morgan fingerprint density at radius 3 is 2.20 bits per heavy atom. The predicted octanol–water partition coefficient (Wildman–Crippen LogP) is 1.28. The first-order chi connectivity index (χ1) is 8.95. The Balaban J connectivity index is 3.10. The van der Waals surface area contributed by atoms with Gasteiger partial charge in [0.2, 0.25) is 5.91 Å². The van der Waals surface area contributed by atoms with Crippen molar-refractivity contribution in [3.8, 4) is 0 Å². The number of carbonyl (C=O) groups is 2. The minimum atomic E-state index is -4.67. The van der Waals surface area contributed by atoms with Crippen LogP contribution in [0.25, 0.3) is 0 Å². The summed E-state index contributed by atoms with van der Waals surface area (Å²) in [7, 11) is 0. The Morgan fingerprint density at radius 2 is 1.75 bits per heavy atom. The minimum Gasteiger partial charge on any atom is -0.398 e. The summed E-state index contributed by atoms with van der Waals surface area (Å²) < 4.78 is 38.0. The van der Waals surface area contributed by atoms with E-state index in [1.54, 1.807) is 0 Å². The third kappa shape index (κ3) is 3.40. The number of nitrogens with two attached hydrogens (primary N) is 2. The van der Waals surface area contributed by atoms with Crippen LogP contribution in [0.5, 0.6) is 0 Å². The van der Waals surface area contributed by atoms with E-state index >= 15 is 0 Å². The molecule has 110 valence electrons. The van der Waals surface area contributed by atoms with Crippen molar-refractivity contribution in [2.75, 3.05) is 5.73 Å². The number of amides is 2. The molecule has 0 saturated heterocycles. The second-order valence-electron chi connectivity index (χ2n) is 4.74. The summed E-state index contributed by atoms with van der Waals surface area (Å²) in [6.07, 6.45) is -4.67. The number of alkyl halides is 3. The van der Waals surface area contributed by atoms with Crippen molar-refractivity contribution in [2.24, 2.45) is 5.73 Å². The maximum absolute atomic E-state index is 12.7. The molecule has 0 fully saturated rings. The molecule has 0 aliphatic rings. The second-order valence-corrected chi connectivity index (χ2v) is 4.74. The molecule has 0 unspecified atom stereocenters. The van der Waals surface area contributed by atoms with Gasteiger partial charge in [-0.05, 0) is 32.0 Å². The molecule has 1 rings (SSSR count). The molecule has 20 heavy (non-hydrogen) atoms. The molecule has 1 aromatic carbocycles. The predicted molar refractivity (Wildman–Crippen MR) is 66.6 cm³/mol. The fraction of sp³-hybridized carbons (Fsp3) is 0.333. The van der Waals surface area contributed by atoms with Crippen LogP contribution in [0, 0.1) is 0 Å².